The van der Waals surface area contributed by atoms with E-state index in [-0.39, 0.29) is 0 Å². The maximum atomic E-state index is 3.73. The van der Waals surface area contributed by atoms with Gasteiger partial charge in [0.25, 0.3) is 0 Å². The van der Waals surface area contributed by atoms with E-state index in [0.29, 0.717) is 6.04 Å². The summed E-state index contributed by atoms with van der Waals surface area (Å²) >= 11 is 0. The van der Waals surface area contributed by atoms with E-state index in [1.807, 2.05) is 6.08 Å². The predicted octanol–water partition coefficient (Wildman–Crippen LogP) is 1.57. The summed E-state index contributed by atoms with van der Waals surface area (Å²) in [5, 5.41) is 3.41. The first-order valence-electron chi connectivity index (χ1n) is 7.02. The monoisotopic (exact) mass is 239 g/mol. The molecule has 0 aromatic rings. The van der Waals surface area contributed by atoms with Crippen LogP contribution in [0.4, 0.5) is 0 Å². The van der Waals surface area contributed by atoms with Gasteiger partial charge >= 0.3 is 0 Å². The van der Waals surface area contributed by atoms with Crippen molar-refractivity contribution in [1.82, 2.24) is 15.1 Å². The van der Waals surface area contributed by atoms with Crippen LogP contribution in [-0.2, 0) is 0 Å². The van der Waals surface area contributed by atoms with Crippen molar-refractivity contribution in [2.75, 3.05) is 39.3 Å². The molecule has 0 aliphatic carbocycles. The number of nitrogens with zero attached hydrogens (tertiary/aromatic N) is 2. The lowest BCUT2D eigenvalue weighted by Crippen LogP contribution is -2.42. The maximum Gasteiger partial charge on any atom is 0.0235 e. The van der Waals surface area contributed by atoms with Crippen molar-refractivity contribution in [2.45, 2.75) is 39.3 Å². The predicted molar refractivity (Wildman–Crippen MR) is 75.4 cm³/mol. The summed E-state index contributed by atoms with van der Waals surface area (Å²) in [5.74, 6) is 0. The van der Waals surface area contributed by atoms with Crippen LogP contribution in [0.2, 0.25) is 0 Å². The van der Waals surface area contributed by atoms with E-state index in [4.69, 9.17) is 0 Å². The minimum absolute atomic E-state index is 0.635. The van der Waals surface area contributed by atoms with Crippen LogP contribution in [0.3, 0.4) is 0 Å². The topological polar surface area (TPSA) is 18.5 Å². The number of nitrogens with one attached hydrogen (secondary N) is 1. The molecule has 0 amide bonds. The largest absolute Gasteiger partial charge is 0.312 e. The van der Waals surface area contributed by atoms with Crippen LogP contribution in [0.1, 0.15) is 27.2 Å². The summed E-state index contributed by atoms with van der Waals surface area (Å²) in [6, 6.07) is 1.40. The number of hydrogen-bond donors (Lipinski definition) is 1. The van der Waals surface area contributed by atoms with E-state index in [0.717, 1.165) is 19.1 Å². The quantitative estimate of drug-likeness (QED) is 0.512. The van der Waals surface area contributed by atoms with Gasteiger partial charge < -0.3 is 5.32 Å². The van der Waals surface area contributed by atoms with Crippen LogP contribution in [0.15, 0.2) is 12.7 Å². The average molecular weight is 239 g/mol. The van der Waals surface area contributed by atoms with E-state index < -0.39 is 0 Å². The van der Waals surface area contributed by atoms with Crippen LogP contribution in [-0.4, -0.2) is 61.2 Å². The highest BCUT2D eigenvalue weighted by Gasteiger charge is 2.28. The molecular weight excluding hydrogens is 210 g/mol. The Morgan fingerprint density at radius 1 is 1.47 bits per heavy atom. The minimum Gasteiger partial charge on any atom is -0.312 e. The molecule has 3 heteroatoms. The number of likely N-dealkylation sites (tertiary alicyclic amines) is 1. The van der Waals surface area contributed by atoms with Gasteiger partial charge in [0, 0.05) is 38.3 Å². The molecular formula is C14H29N3. The third-order valence-corrected chi connectivity index (χ3v) is 3.88. The Hall–Kier alpha value is -0.380. The van der Waals surface area contributed by atoms with E-state index >= 15 is 0 Å². The van der Waals surface area contributed by atoms with Crippen molar-refractivity contribution >= 4 is 0 Å². The summed E-state index contributed by atoms with van der Waals surface area (Å²) in [6.45, 7) is 17.4. The number of likely N-dealkylation sites (N-methyl/N-ethyl adjacent to an activating group) is 1. The lowest BCUT2D eigenvalue weighted by Gasteiger charge is -2.28. The second kappa shape index (κ2) is 7.85. The zero-order valence-corrected chi connectivity index (χ0v) is 11.8. The molecule has 0 radical (unpaired) electrons. The second-order valence-corrected chi connectivity index (χ2v) is 4.95. The Kier molecular flexibility index (Phi) is 6.78. The zero-order chi connectivity index (χ0) is 12.7. The maximum absolute atomic E-state index is 3.73. The minimum atomic E-state index is 0.635. The molecule has 1 fully saturated rings. The van der Waals surface area contributed by atoms with Crippen molar-refractivity contribution in [3.63, 3.8) is 0 Å². The van der Waals surface area contributed by atoms with Gasteiger partial charge in [0.15, 0.2) is 0 Å². The molecule has 1 aliphatic heterocycles. The molecule has 0 aromatic carbocycles. The summed E-state index contributed by atoms with van der Waals surface area (Å²) in [5.41, 5.74) is 0. The third-order valence-electron chi connectivity index (χ3n) is 3.88. The van der Waals surface area contributed by atoms with Gasteiger partial charge in [-0.3, -0.25) is 9.80 Å². The summed E-state index contributed by atoms with van der Waals surface area (Å²) < 4.78 is 0. The van der Waals surface area contributed by atoms with Crippen LogP contribution in [0.5, 0.6) is 0 Å². The molecule has 2 atom stereocenters. The van der Waals surface area contributed by atoms with Gasteiger partial charge in [0.1, 0.15) is 0 Å². The van der Waals surface area contributed by atoms with Crippen LogP contribution in [0.25, 0.3) is 0 Å². The van der Waals surface area contributed by atoms with Gasteiger partial charge in [-0.1, -0.05) is 19.9 Å². The second-order valence-electron chi connectivity index (χ2n) is 4.95. The SMILES string of the molecule is C=CCNCC(C)N1CCC(N(CC)CC)C1. The van der Waals surface area contributed by atoms with Gasteiger partial charge in [-0.05, 0) is 26.4 Å². The molecule has 100 valence electrons. The highest BCUT2D eigenvalue weighted by atomic mass is 15.3. The molecule has 1 N–H and O–H groups in total. The molecule has 0 spiro atoms. The van der Waals surface area contributed by atoms with E-state index in [1.54, 1.807) is 0 Å². The third kappa shape index (κ3) is 4.41. The summed E-state index contributed by atoms with van der Waals surface area (Å²) in [6.07, 6.45) is 3.25. The molecule has 0 aromatic heterocycles. The first-order valence-corrected chi connectivity index (χ1v) is 7.02. The van der Waals surface area contributed by atoms with Gasteiger partial charge in [-0.15, -0.1) is 6.58 Å². The van der Waals surface area contributed by atoms with Crippen molar-refractivity contribution in [3.05, 3.63) is 12.7 Å². The van der Waals surface area contributed by atoms with E-state index in [9.17, 15) is 0 Å². The Morgan fingerprint density at radius 3 is 2.76 bits per heavy atom. The Labute approximate surface area is 107 Å². The van der Waals surface area contributed by atoms with Crippen molar-refractivity contribution in [3.8, 4) is 0 Å². The normalized spacial score (nSPS) is 23.2. The number of hydrogen-bond acceptors (Lipinski definition) is 3. The molecule has 0 bridgehead atoms. The molecule has 17 heavy (non-hydrogen) atoms. The summed E-state index contributed by atoms with van der Waals surface area (Å²) in [7, 11) is 0. The highest BCUT2D eigenvalue weighted by molar-refractivity contribution is 4.86. The lowest BCUT2D eigenvalue weighted by molar-refractivity contribution is 0.191. The van der Waals surface area contributed by atoms with E-state index in [2.05, 4.69) is 42.5 Å². The van der Waals surface area contributed by atoms with Crippen LogP contribution >= 0.6 is 0 Å². The molecule has 1 heterocycles. The van der Waals surface area contributed by atoms with Gasteiger partial charge in [0.05, 0.1) is 0 Å². The number of rotatable bonds is 8. The Bertz CT molecular complexity index is 214. The highest BCUT2D eigenvalue weighted by Crippen LogP contribution is 2.17. The van der Waals surface area contributed by atoms with Crippen molar-refractivity contribution in [1.29, 1.82) is 0 Å². The Balaban J connectivity index is 2.30. The standard InChI is InChI=1S/C14H29N3/c1-5-9-15-11-13(4)17-10-8-14(12-17)16(6-2)7-3/h5,13-15H,1,6-12H2,2-4H3. The van der Waals surface area contributed by atoms with Crippen LogP contribution < -0.4 is 5.32 Å². The van der Waals surface area contributed by atoms with Gasteiger partial charge in [0.2, 0.25) is 0 Å². The molecule has 3 nitrogen and oxygen atoms in total. The molecule has 1 rings (SSSR count). The fraction of sp³-hybridized carbons (Fsp3) is 0.857. The van der Waals surface area contributed by atoms with Gasteiger partial charge in [-0.25, -0.2) is 0 Å². The molecule has 2 unspecified atom stereocenters. The first-order chi connectivity index (χ1) is 8.22. The van der Waals surface area contributed by atoms with Crippen LogP contribution in [0, 0.1) is 0 Å². The molecule has 1 aliphatic rings. The first kappa shape index (κ1) is 14.7. The fourth-order valence-electron chi connectivity index (χ4n) is 2.73. The Morgan fingerprint density at radius 2 is 2.18 bits per heavy atom. The average Bonchev–Trinajstić information content (AvgIpc) is 2.80. The smallest absolute Gasteiger partial charge is 0.0235 e. The van der Waals surface area contributed by atoms with Gasteiger partial charge in [-0.2, -0.15) is 0 Å². The molecule has 0 saturated carbocycles. The molecule has 1 saturated heterocycles. The fourth-order valence-corrected chi connectivity index (χ4v) is 2.73. The lowest BCUT2D eigenvalue weighted by atomic mass is 10.2. The van der Waals surface area contributed by atoms with Crippen molar-refractivity contribution in [2.24, 2.45) is 0 Å². The van der Waals surface area contributed by atoms with Crippen molar-refractivity contribution < 1.29 is 0 Å². The zero-order valence-electron chi connectivity index (χ0n) is 11.8. The summed E-state index contributed by atoms with van der Waals surface area (Å²) in [4.78, 5) is 5.20. The van der Waals surface area contributed by atoms with E-state index in [1.165, 1.54) is 32.6 Å².